The topological polar surface area (TPSA) is 62.3 Å². The maximum Gasteiger partial charge on any atom is 0.142 e. The fourth-order valence-electron chi connectivity index (χ4n) is 1.99. The number of fused-ring (bicyclic) bond motifs is 1. The van der Waals surface area contributed by atoms with Crippen molar-refractivity contribution in [3.05, 3.63) is 24.3 Å². The van der Waals surface area contributed by atoms with Crippen LogP contribution in [0.25, 0.3) is 0 Å². The SMILES string of the molecule is N#CC(N)CCN1CCCOc2ccccc21. The Morgan fingerprint density at radius 2 is 2.29 bits per heavy atom. The van der Waals surface area contributed by atoms with Crippen LogP contribution in [-0.4, -0.2) is 25.7 Å². The summed E-state index contributed by atoms with van der Waals surface area (Å²) in [5, 5.41) is 8.70. The summed E-state index contributed by atoms with van der Waals surface area (Å²) in [6.07, 6.45) is 1.68. The van der Waals surface area contributed by atoms with Crippen LogP contribution in [0.15, 0.2) is 24.3 Å². The van der Waals surface area contributed by atoms with Crippen molar-refractivity contribution in [3.63, 3.8) is 0 Å². The van der Waals surface area contributed by atoms with Crippen LogP contribution < -0.4 is 15.4 Å². The average molecular weight is 231 g/mol. The van der Waals surface area contributed by atoms with E-state index in [0.717, 1.165) is 37.6 Å². The smallest absolute Gasteiger partial charge is 0.142 e. The van der Waals surface area contributed by atoms with E-state index in [2.05, 4.69) is 17.0 Å². The molecule has 4 nitrogen and oxygen atoms in total. The number of hydrogen-bond donors (Lipinski definition) is 1. The summed E-state index contributed by atoms with van der Waals surface area (Å²) >= 11 is 0. The number of nitriles is 1. The number of ether oxygens (including phenoxy) is 1. The number of nitrogens with two attached hydrogens (primary N) is 1. The molecule has 0 aliphatic carbocycles. The van der Waals surface area contributed by atoms with Gasteiger partial charge in [0.05, 0.1) is 24.4 Å². The molecule has 1 heterocycles. The zero-order chi connectivity index (χ0) is 12.1. The van der Waals surface area contributed by atoms with Gasteiger partial charge in [-0.25, -0.2) is 0 Å². The maximum absolute atomic E-state index is 8.70. The molecule has 0 bridgehead atoms. The second-order valence-corrected chi connectivity index (χ2v) is 4.18. The van der Waals surface area contributed by atoms with Gasteiger partial charge in [-0.1, -0.05) is 12.1 Å². The Kier molecular flexibility index (Phi) is 3.84. The summed E-state index contributed by atoms with van der Waals surface area (Å²) < 4.78 is 5.67. The van der Waals surface area contributed by atoms with E-state index in [1.165, 1.54) is 0 Å². The van der Waals surface area contributed by atoms with Crippen molar-refractivity contribution in [2.75, 3.05) is 24.6 Å². The third-order valence-corrected chi connectivity index (χ3v) is 2.91. The fraction of sp³-hybridized carbons (Fsp3) is 0.462. The molecule has 0 spiro atoms. The Hall–Kier alpha value is -1.73. The Labute approximate surface area is 102 Å². The van der Waals surface area contributed by atoms with Crippen molar-refractivity contribution in [3.8, 4) is 11.8 Å². The van der Waals surface area contributed by atoms with E-state index >= 15 is 0 Å². The third kappa shape index (κ3) is 2.89. The Morgan fingerprint density at radius 1 is 1.47 bits per heavy atom. The molecule has 1 aliphatic rings. The minimum Gasteiger partial charge on any atom is -0.491 e. The molecule has 0 fully saturated rings. The van der Waals surface area contributed by atoms with Crippen LogP contribution in [0.1, 0.15) is 12.8 Å². The largest absolute Gasteiger partial charge is 0.491 e. The molecule has 0 radical (unpaired) electrons. The highest BCUT2D eigenvalue weighted by molar-refractivity contribution is 5.58. The molecule has 1 atom stereocenters. The minimum atomic E-state index is -0.383. The molecular formula is C13H17N3O. The van der Waals surface area contributed by atoms with Gasteiger partial charge in [-0.05, 0) is 25.0 Å². The lowest BCUT2D eigenvalue weighted by atomic mass is 10.2. The van der Waals surface area contributed by atoms with Crippen LogP contribution in [0.5, 0.6) is 5.75 Å². The highest BCUT2D eigenvalue weighted by Crippen LogP contribution is 2.30. The van der Waals surface area contributed by atoms with Gasteiger partial charge in [0.15, 0.2) is 0 Å². The maximum atomic E-state index is 8.70. The zero-order valence-corrected chi connectivity index (χ0v) is 9.80. The molecule has 2 N–H and O–H groups in total. The number of para-hydroxylation sites is 2. The highest BCUT2D eigenvalue weighted by Gasteiger charge is 2.16. The summed E-state index contributed by atoms with van der Waals surface area (Å²) in [4.78, 5) is 2.25. The second-order valence-electron chi connectivity index (χ2n) is 4.18. The van der Waals surface area contributed by atoms with Crippen molar-refractivity contribution in [2.45, 2.75) is 18.9 Å². The first-order valence-corrected chi connectivity index (χ1v) is 5.93. The number of nitrogens with zero attached hydrogens (tertiary/aromatic N) is 2. The number of hydrogen-bond acceptors (Lipinski definition) is 4. The molecule has 4 heteroatoms. The van der Waals surface area contributed by atoms with Crippen LogP contribution in [0.3, 0.4) is 0 Å². The predicted octanol–water partition coefficient (Wildman–Crippen LogP) is 1.52. The molecule has 17 heavy (non-hydrogen) atoms. The number of rotatable bonds is 3. The molecule has 0 aromatic heterocycles. The van der Waals surface area contributed by atoms with Gasteiger partial charge >= 0.3 is 0 Å². The van der Waals surface area contributed by atoms with Crippen molar-refractivity contribution in [2.24, 2.45) is 5.73 Å². The predicted molar refractivity (Wildman–Crippen MR) is 67.0 cm³/mol. The first-order chi connectivity index (χ1) is 8.31. The lowest BCUT2D eigenvalue weighted by Gasteiger charge is -2.24. The highest BCUT2D eigenvalue weighted by atomic mass is 16.5. The van der Waals surface area contributed by atoms with E-state index in [0.29, 0.717) is 6.42 Å². The Morgan fingerprint density at radius 3 is 3.12 bits per heavy atom. The van der Waals surface area contributed by atoms with Crippen LogP contribution >= 0.6 is 0 Å². The molecule has 1 aromatic rings. The van der Waals surface area contributed by atoms with E-state index in [1.807, 2.05) is 18.2 Å². The third-order valence-electron chi connectivity index (χ3n) is 2.91. The number of anilines is 1. The van der Waals surface area contributed by atoms with E-state index in [4.69, 9.17) is 15.7 Å². The van der Waals surface area contributed by atoms with Gasteiger partial charge < -0.3 is 15.4 Å². The van der Waals surface area contributed by atoms with E-state index < -0.39 is 0 Å². The minimum absolute atomic E-state index is 0.383. The van der Waals surface area contributed by atoms with Crippen molar-refractivity contribution >= 4 is 5.69 Å². The Balaban J connectivity index is 2.09. The normalized spacial score (nSPS) is 16.4. The van der Waals surface area contributed by atoms with Crippen LogP contribution in [-0.2, 0) is 0 Å². The molecule has 0 saturated heterocycles. The fourth-order valence-corrected chi connectivity index (χ4v) is 1.99. The lowest BCUT2D eigenvalue weighted by Crippen LogP contribution is -2.30. The van der Waals surface area contributed by atoms with Crippen molar-refractivity contribution in [1.82, 2.24) is 0 Å². The van der Waals surface area contributed by atoms with Crippen LogP contribution in [0, 0.1) is 11.3 Å². The first-order valence-electron chi connectivity index (χ1n) is 5.93. The average Bonchev–Trinajstić information content (AvgIpc) is 2.58. The van der Waals surface area contributed by atoms with Crippen LogP contribution in [0.4, 0.5) is 5.69 Å². The Bertz CT molecular complexity index is 413. The van der Waals surface area contributed by atoms with E-state index in [-0.39, 0.29) is 6.04 Å². The first kappa shape index (κ1) is 11.7. The van der Waals surface area contributed by atoms with Gasteiger partial charge in [-0.3, -0.25) is 0 Å². The lowest BCUT2D eigenvalue weighted by molar-refractivity contribution is 0.322. The molecular weight excluding hydrogens is 214 g/mol. The molecule has 1 aromatic carbocycles. The summed E-state index contributed by atoms with van der Waals surface area (Å²) in [5.74, 6) is 0.926. The zero-order valence-electron chi connectivity index (χ0n) is 9.80. The van der Waals surface area contributed by atoms with Crippen molar-refractivity contribution < 1.29 is 4.74 Å². The van der Waals surface area contributed by atoms with Crippen molar-refractivity contribution in [1.29, 1.82) is 5.26 Å². The van der Waals surface area contributed by atoms with Gasteiger partial charge in [-0.15, -0.1) is 0 Å². The van der Waals surface area contributed by atoms with Gasteiger partial charge in [0, 0.05) is 13.1 Å². The molecule has 1 unspecified atom stereocenters. The molecule has 0 saturated carbocycles. The van der Waals surface area contributed by atoms with Gasteiger partial charge in [0.2, 0.25) is 0 Å². The summed E-state index contributed by atoms with van der Waals surface area (Å²) in [5.41, 5.74) is 6.74. The summed E-state index contributed by atoms with van der Waals surface area (Å²) in [6.45, 7) is 2.50. The number of benzene rings is 1. The molecule has 0 amide bonds. The monoisotopic (exact) mass is 231 g/mol. The van der Waals surface area contributed by atoms with E-state index in [1.54, 1.807) is 0 Å². The van der Waals surface area contributed by atoms with E-state index in [9.17, 15) is 0 Å². The standard InChI is InChI=1S/C13H17N3O/c14-10-11(15)6-8-16-7-3-9-17-13-5-2-1-4-12(13)16/h1-2,4-5,11H,3,6-9,15H2. The quantitative estimate of drug-likeness (QED) is 0.856. The summed E-state index contributed by atoms with van der Waals surface area (Å²) in [6, 6.07) is 9.70. The van der Waals surface area contributed by atoms with Gasteiger partial charge in [0.25, 0.3) is 0 Å². The molecule has 90 valence electrons. The van der Waals surface area contributed by atoms with Crippen LogP contribution in [0.2, 0.25) is 0 Å². The summed E-state index contributed by atoms with van der Waals surface area (Å²) in [7, 11) is 0. The van der Waals surface area contributed by atoms with Gasteiger partial charge in [-0.2, -0.15) is 5.26 Å². The van der Waals surface area contributed by atoms with Gasteiger partial charge in [0.1, 0.15) is 5.75 Å². The molecule has 1 aliphatic heterocycles. The second kappa shape index (κ2) is 5.55. The molecule has 2 rings (SSSR count).